The number of hydrogen-bond acceptors (Lipinski definition) is 4. The summed E-state index contributed by atoms with van der Waals surface area (Å²) in [6.45, 7) is 7.34. The average Bonchev–Trinajstić information content (AvgIpc) is 2.88. The minimum Gasteiger partial charge on any atom is -0.350 e. The van der Waals surface area contributed by atoms with E-state index in [-0.39, 0.29) is 18.9 Å². The van der Waals surface area contributed by atoms with E-state index in [0.29, 0.717) is 12.1 Å². The Morgan fingerprint density at radius 1 is 0.846 bits per heavy atom. The van der Waals surface area contributed by atoms with E-state index in [1.165, 1.54) is 4.90 Å². The van der Waals surface area contributed by atoms with Gasteiger partial charge in [-0.3, -0.25) is 13.9 Å². The molecule has 2 amide bonds. The summed E-state index contributed by atoms with van der Waals surface area (Å²) in [5.74, 6) is -0.754. The van der Waals surface area contributed by atoms with E-state index in [0.717, 1.165) is 27.3 Å². The zero-order chi connectivity index (χ0) is 28.6. The van der Waals surface area contributed by atoms with Crippen molar-refractivity contribution in [2.45, 2.75) is 58.7 Å². The summed E-state index contributed by atoms with van der Waals surface area (Å²) in [4.78, 5) is 29.3. The summed E-state index contributed by atoms with van der Waals surface area (Å²) in [5, 5.41) is 3.03. The average molecular weight is 550 g/mol. The zero-order valence-corrected chi connectivity index (χ0v) is 24.2. The van der Waals surface area contributed by atoms with Crippen LogP contribution in [0.3, 0.4) is 0 Å². The minimum absolute atomic E-state index is 0.155. The summed E-state index contributed by atoms with van der Waals surface area (Å²) in [6.07, 6.45) is 1.99. The summed E-state index contributed by atoms with van der Waals surface area (Å²) >= 11 is 0. The quantitative estimate of drug-likeness (QED) is 0.380. The molecule has 8 heteroatoms. The van der Waals surface area contributed by atoms with Crippen molar-refractivity contribution in [2.75, 3.05) is 17.1 Å². The highest BCUT2D eigenvalue weighted by Gasteiger charge is 2.34. The van der Waals surface area contributed by atoms with E-state index in [1.54, 1.807) is 12.1 Å². The Morgan fingerprint density at radius 3 is 1.92 bits per heavy atom. The Bertz CT molecular complexity index is 1350. The fraction of sp³-hybridized carbons (Fsp3) is 0.355. The Labute approximate surface area is 232 Å². The van der Waals surface area contributed by atoms with Crippen molar-refractivity contribution in [1.82, 2.24) is 10.2 Å². The molecule has 39 heavy (non-hydrogen) atoms. The van der Waals surface area contributed by atoms with E-state index in [9.17, 15) is 18.0 Å². The summed E-state index contributed by atoms with van der Waals surface area (Å²) in [7, 11) is -3.80. The largest absolute Gasteiger partial charge is 0.350 e. The van der Waals surface area contributed by atoms with Crippen LogP contribution in [0.5, 0.6) is 0 Å². The number of nitrogens with zero attached hydrogens (tertiary/aromatic N) is 2. The monoisotopic (exact) mass is 549 g/mol. The predicted molar refractivity (Wildman–Crippen MR) is 157 cm³/mol. The third kappa shape index (κ3) is 8.68. The van der Waals surface area contributed by atoms with Crippen molar-refractivity contribution in [1.29, 1.82) is 0 Å². The maximum Gasteiger partial charge on any atom is 0.244 e. The maximum atomic E-state index is 14.1. The molecule has 3 aromatic rings. The van der Waals surface area contributed by atoms with Crippen LogP contribution in [0.4, 0.5) is 5.69 Å². The highest BCUT2D eigenvalue weighted by molar-refractivity contribution is 7.92. The van der Waals surface area contributed by atoms with Crippen LogP contribution in [0.2, 0.25) is 0 Å². The van der Waals surface area contributed by atoms with Gasteiger partial charge in [0.25, 0.3) is 0 Å². The van der Waals surface area contributed by atoms with Crippen molar-refractivity contribution in [3.8, 4) is 0 Å². The number of amides is 2. The Balaban J connectivity index is 2.07. The molecule has 7 nitrogen and oxygen atoms in total. The van der Waals surface area contributed by atoms with Crippen molar-refractivity contribution in [2.24, 2.45) is 0 Å². The van der Waals surface area contributed by atoms with Crippen LogP contribution >= 0.6 is 0 Å². The SMILES string of the molecule is CCc1ccccc1N(CC(=O)N(Cc1ccccc1)[C@H](Cc1ccccc1)C(=O)NC(C)(C)C)S(C)(=O)=O. The van der Waals surface area contributed by atoms with Crippen molar-refractivity contribution < 1.29 is 18.0 Å². The molecule has 1 atom stereocenters. The van der Waals surface area contributed by atoms with Crippen molar-refractivity contribution in [3.63, 3.8) is 0 Å². The third-order valence-corrected chi connectivity index (χ3v) is 7.41. The number of nitrogens with one attached hydrogen (secondary N) is 1. The van der Waals surface area contributed by atoms with Gasteiger partial charge in [-0.2, -0.15) is 0 Å². The summed E-state index contributed by atoms with van der Waals surface area (Å²) < 4.78 is 27.1. The maximum absolute atomic E-state index is 14.1. The van der Waals surface area contributed by atoms with Gasteiger partial charge in [0, 0.05) is 18.5 Å². The molecule has 0 spiro atoms. The molecule has 0 bridgehead atoms. The lowest BCUT2D eigenvalue weighted by atomic mass is 10.0. The number of sulfonamides is 1. The molecule has 0 aliphatic rings. The lowest BCUT2D eigenvalue weighted by Crippen LogP contribution is -2.56. The van der Waals surface area contributed by atoms with Crippen LogP contribution in [-0.4, -0.2) is 49.5 Å². The molecule has 0 radical (unpaired) electrons. The molecule has 0 unspecified atom stereocenters. The first-order valence-electron chi connectivity index (χ1n) is 13.1. The van der Waals surface area contributed by atoms with Gasteiger partial charge in [0.05, 0.1) is 11.9 Å². The fourth-order valence-corrected chi connectivity index (χ4v) is 5.32. The number of aryl methyl sites for hydroxylation is 1. The van der Waals surface area contributed by atoms with Gasteiger partial charge < -0.3 is 10.2 Å². The van der Waals surface area contributed by atoms with Crippen LogP contribution < -0.4 is 9.62 Å². The molecule has 3 rings (SSSR count). The molecular formula is C31H39N3O4S. The number of benzene rings is 3. The Hall–Kier alpha value is -3.65. The molecule has 0 heterocycles. The molecule has 0 fully saturated rings. The molecule has 3 aromatic carbocycles. The number of carbonyl (C=O) groups excluding carboxylic acids is 2. The van der Waals surface area contributed by atoms with Gasteiger partial charge in [0.2, 0.25) is 21.8 Å². The lowest BCUT2D eigenvalue weighted by Gasteiger charge is -2.35. The van der Waals surface area contributed by atoms with E-state index in [2.05, 4.69) is 5.32 Å². The molecule has 0 saturated carbocycles. The first-order valence-corrected chi connectivity index (χ1v) is 15.0. The topological polar surface area (TPSA) is 86.8 Å². The zero-order valence-electron chi connectivity index (χ0n) is 23.4. The summed E-state index contributed by atoms with van der Waals surface area (Å²) in [5.41, 5.74) is 2.50. The number of carbonyl (C=O) groups is 2. The Morgan fingerprint density at radius 2 is 1.38 bits per heavy atom. The number of anilines is 1. The van der Waals surface area contributed by atoms with Crippen LogP contribution in [-0.2, 0) is 39.0 Å². The highest BCUT2D eigenvalue weighted by Crippen LogP contribution is 2.24. The second-order valence-electron chi connectivity index (χ2n) is 10.7. The molecule has 0 aromatic heterocycles. The molecule has 0 saturated heterocycles. The number of hydrogen-bond donors (Lipinski definition) is 1. The smallest absolute Gasteiger partial charge is 0.244 e. The normalized spacial score (nSPS) is 12.4. The van der Waals surface area contributed by atoms with Crippen LogP contribution in [0.25, 0.3) is 0 Å². The second kappa shape index (κ2) is 12.9. The van der Waals surface area contributed by atoms with E-state index < -0.39 is 34.1 Å². The summed E-state index contributed by atoms with van der Waals surface area (Å²) in [6, 6.07) is 25.3. The van der Waals surface area contributed by atoms with Crippen molar-refractivity contribution >= 4 is 27.5 Å². The van der Waals surface area contributed by atoms with Crippen LogP contribution in [0.1, 0.15) is 44.4 Å². The fourth-order valence-electron chi connectivity index (χ4n) is 4.43. The molecule has 208 valence electrons. The number of rotatable bonds is 11. The highest BCUT2D eigenvalue weighted by atomic mass is 32.2. The first-order chi connectivity index (χ1) is 18.4. The van der Waals surface area contributed by atoms with Gasteiger partial charge in [-0.1, -0.05) is 85.8 Å². The van der Waals surface area contributed by atoms with Gasteiger partial charge >= 0.3 is 0 Å². The molecular weight excluding hydrogens is 510 g/mol. The van der Waals surface area contributed by atoms with E-state index in [1.807, 2.05) is 100 Å². The van der Waals surface area contributed by atoms with Gasteiger partial charge in [0.1, 0.15) is 12.6 Å². The van der Waals surface area contributed by atoms with Crippen LogP contribution in [0, 0.1) is 0 Å². The van der Waals surface area contributed by atoms with Gasteiger partial charge in [0.15, 0.2) is 0 Å². The van der Waals surface area contributed by atoms with Gasteiger partial charge in [-0.05, 0) is 49.9 Å². The number of para-hydroxylation sites is 1. The molecule has 0 aliphatic carbocycles. The first kappa shape index (κ1) is 29.9. The van der Waals surface area contributed by atoms with Crippen LogP contribution in [0.15, 0.2) is 84.9 Å². The molecule has 0 aliphatic heterocycles. The third-order valence-electron chi connectivity index (χ3n) is 6.29. The minimum atomic E-state index is -3.80. The lowest BCUT2D eigenvalue weighted by molar-refractivity contribution is -0.140. The van der Waals surface area contributed by atoms with Crippen molar-refractivity contribution in [3.05, 3.63) is 102 Å². The van der Waals surface area contributed by atoms with Gasteiger partial charge in [-0.15, -0.1) is 0 Å². The van der Waals surface area contributed by atoms with Gasteiger partial charge in [-0.25, -0.2) is 8.42 Å². The Kier molecular flexibility index (Phi) is 9.92. The van der Waals surface area contributed by atoms with E-state index in [4.69, 9.17) is 0 Å². The predicted octanol–water partition coefficient (Wildman–Crippen LogP) is 4.57. The standard InChI is InChI=1S/C31H39N3O4S/c1-6-26-19-13-14-20-27(26)34(39(5,37)38)23-29(35)33(22-25-17-11-8-12-18-25)28(30(36)32-31(2,3)4)21-24-15-9-7-10-16-24/h7-20,28H,6,21-23H2,1-5H3,(H,32,36)/t28-/m1/s1. The molecule has 1 N–H and O–H groups in total. The second-order valence-corrected chi connectivity index (χ2v) is 12.6. The van der Waals surface area contributed by atoms with E-state index >= 15 is 0 Å².